The van der Waals surface area contributed by atoms with Crippen LogP contribution in [0.3, 0.4) is 0 Å². The van der Waals surface area contributed by atoms with E-state index >= 15 is 0 Å². The summed E-state index contributed by atoms with van der Waals surface area (Å²) >= 11 is 3.35. The number of anilines is 1. The first kappa shape index (κ1) is 16.6. The van der Waals surface area contributed by atoms with Gasteiger partial charge in [-0.05, 0) is 50.1 Å². The van der Waals surface area contributed by atoms with Gasteiger partial charge < -0.3 is 10.1 Å². The Balaban J connectivity index is 2.02. The van der Waals surface area contributed by atoms with Gasteiger partial charge >= 0.3 is 0 Å². The van der Waals surface area contributed by atoms with Gasteiger partial charge in [-0.1, -0.05) is 46.3 Å². The fraction of sp³-hybridized carbons (Fsp3) is 0.278. The molecule has 1 N–H and O–H groups in total. The number of rotatable bonds is 5. The number of nitrogens with one attached hydrogen (secondary N) is 1. The number of carbonyl (C=O) groups excluding carboxylic acids is 1. The molecule has 0 saturated carbocycles. The number of halogens is 1. The number of aryl methyl sites for hydroxylation is 1. The van der Waals surface area contributed by atoms with E-state index < -0.39 is 4.32 Å². The Kier molecular flexibility index (Phi) is 5.24. The maximum atomic E-state index is 12.0. The summed E-state index contributed by atoms with van der Waals surface area (Å²) < 4.78 is 5.23. The van der Waals surface area contributed by atoms with E-state index in [-0.39, 0.29) is 5.91 Å². The Bertz CT molecular complexity index is 648. The van der Waals surface area contributed by atoms with Gasteiger partial charge in [0.2, 0.25) is 5.91 Å². The monoisotopic (exact) mass is 361 g/mol. The first-order valence-electron chi connectivity index (χ1n) is 7.14. The highest BCUT2D eigenvalue weighted by molar-refractivity contribution is 9.10. The minimum Gasteiger partial charge on any atom is -0.489 e. The molecule has 0 aliphatic carbocycles. The van der Waals surface area contributed by atoms with Crippen molar-refractivity contribution in [2.24, 2.45) is 0 Å². The number of benzene rings is 2. The molecule has 2 aromatic carbocycles. The Morgan fingerprint density at radius 1 is 1.18 bits per heavy atom. The van der Waals surface area contributed by atoms with E-state index in [9.17, 15) is 4.79 Å². The summed E-state index contributed by atoms with van der Waals surface area (Å²) in [6.45, 7) is 6.12. The van der Waals surface area contributed by atoms with Crippen molar-refractivity contribution in [1.29, 1.82) is 0 Å². The summed E-state index contributed by atoms with van der Waals surface area (Å²) in [5.41, 5.74) is 2.88. The fourth-order valence-corrected chi connectivity index (χ4v) is 2.00. The molecule has 0 atom stereocenters. The van der Waals surface area contributed by atoms with Crippen LogP contribution in [-0.4, -0.2) is 10.2 Å². The molecule has 2 aromatic rings. The lowest BCUT2D eigenvalue weighted by Crippen LogP contribution is -2.30. The molecule has 0 saturated heterocycles. The molecule has 2 rings (SSSR count). The fourth-order valence-electron chi connectivity index (χ4n) is 1.90. The van der Waals surface area contributed by atoms with Crippen molar-refractivity contribution in [2.75, 3.05) is 5.32 Å². The molecule has 0 unspecified atom stereocenters. The molecule has 1 amide bonds. The lowest BCUT2D eigenvalue weighted by molar-refractivity contribution is -0.117. The van der Waals surface area contributed by atoms with Crippen LogP contribution in [0.1, 0.15) is 25.0 Å². The third-order valence-corrected chi connectivity index (χ3v) is 3.57. The van der Waals surface area contributed by atoms with Crippen LogP contribution in [0, 0.1) is 6.92 Å². The van der Waals surface area contributed by atoms with Gasteiger partial charge in [-0.2, -0.15) is 0 Å². The minimum absolute atomic E-state index is 0.0788. The summed E-state index contributed by atoms with van der Waals surface area (Å²) in [6.07, 6.45) is 0. The zero-order valence-corrected chi connectivity index (χ0v) is 14.6. The van der Waals surface area contributed by atoms with Crippen molar-refractivity contribution < 1.29 is 9.53 Å². The van der Waals surface area contributed by atoms with E-state index in [1.165, 1.54) is 0 Å². The maximum absolute atomic E-state index is 12.0. The quantitative estimate of drug-likeness (QED) is 0.784. The first-order chi connectivity index (χ1) is 10.4. The van der Waals surface area contributed by atoms with Crippen LogP contribution in [0.4, 0.5) is 5.69 Å². The van der Waals surface area contributed by atoms with Gasteiger partial charge in [0.1, 0.15) is 12.4 Å². The molecule has 0 heterocycles. The number of amides is 1. The molecule has 0 spiro atoms. The smallest absolute Gasteiger partial charge is 0.240 e. The molecule has 22 heavy (non-hydrogen) atoms. The topological polar surface area (TPSA) is 38.3 Å². The van der Waals surface area contributed by atoms with E-state index in [2.05, 4.69) is 21.2 Å². The summed E-state index contributed by atoms with van der Waals surface area (Å²) in [6, 6.07) is 15.7. The van der Waals surface area contributed by atoms with Crippen LogP contribution in [-0.2, 0) is 11.4 Å². The van der Waals surface area contributed by atoms with Crippen molar-refractivity contribution in [3.05, 3.63) is 59.7 Å². The minimum atomic E-state index is -0.594. The van der Waals surface area contributed by atoms with Crippen LogP contribution in [0.2, 0.25) is 0 Å². The number of alkyl halides is 1. The number of hydrogen-bond donors (Lipinski definition) is 1. The number of ether oxygens (including phenoxy) is 1. The van der Waals surface area contributed by atoms with Crippen molar-refractivity contribution in [3.8, 4) is 5.75 Å². The van der Waals surface area contributed by atoms with Crippen LogP contribution in [0.25, 0.3) is 0 Å². The van der Waals surface area contributed by atoms with E-state index in [0.717, 1.165) is 22.6 Å². The van der Waals surface area contributed by atoms with E-state index in [0.29, 0.717) is 6.61 Å². The second-order valence-electron chi connectivity index (χ2n) is 5.68. The average Bonchev–Trinajstić information content (AvgIpc) is 2.46. The van der Waals surface area contributed by atoms with Crippen LogP contribution in [0.15, 0.2) is 48.5 Å². The van der Waals surface area contributed by atoms with Crippen molar-refractivity contribution in [1.82, 2.24) is 0 Å². The first-order valence-corrected chi connectivity index (χ1v) is 7.93. The predicted octanol–water partition coefficient (Wildman–Crippen LogP) is 4.69. The van der Waals surface area contributed by atoms with Crippen molar-refractivity contribution in [2.45, 2.75) is 31.7 Å². The van der Waals surface area contributed by atoms with Crippen molar-refractivity contribution in [3.63, 3.8) is 0 Å². The lowest BCUT2D eigenvalue weighted by Gasteiger charge is -2.17. The third-order valence-electron chi connectivity index (χ3n) is 3.21. The van der Waals surface area contributed by atoms with Crippen LogP contribution in [0.5, 0.6) is 5.75 Å². The maximum Gasteiger partial charge on any atom is 0.240 e. The summed E-state index contributed by atoms with van der Waals surface area (Å²) in [7, 11) is 0. The highest BCUT2D eigenvalue weighted by Gasteiger charge is 2.23. The SMILES string of the molecule is Cc1cc(NC(=O)C(C)(C)Br)ccc1OCc1ccccc1. The van der Waals surface area contributed by atoms with Gasteiger partial charge in [0.25, 0.3) is 0 Å². The van der Waals surface area contributed by atoms with Gasteiger partial charge in [0.15, 0.2) is 0 Å². The zero-order chi connectivity index (χ0) is 16.2. The Morgan fingerprint density at radius 3 is 2.45 bits per heavy atom. The summed E-state index contributed by atoms with van der Waals surface area (Å²) in [5.74, 6) is 0.741. The molecular weight excluding hydrogens is 342 g/mol. The second kappa shape index (κ2) is 6.97. The molecule has 0 aliphatic heterocycles. The molecule has 0 aliphatic rings. The Morgan fingerprint density at radius 2 is 1.86 bits per heavy atom. The molecule has 0 bridgehead atoms. The van der Waals surface area contributed by atoms with Gasteiger partial charge in [-0.25, -0.2) is 0 Å². The highest BCUT2D eigenvalue weighted by Crippen LogP contribution is 2.25. The largest absolute Gasteiger partial charge is 0.489 e. The molecule has 0 radical (unpaired) electrons. The molecule has 3 nitrogen and oxygen atoms in total. The normalized spacial score (nSPS) is 11.1. The summed E-state index contributed by atoms with van der Waals surface area (Å²) in [4.78, 5) is 12.0. The number of hydrogen-bond acceptors (Lipinski definition) is 2. The Hall–Kier alpha value is -1.81. The van der Waals surface area contributed by atoms with Crippen LogP contribution < -0.4 is 10.1 Å². The van der Waals surface area contributed by atoms with Gasteiger partial charge in [0.05, 0.1) is 4.32 Å². The predicted molar refractivity (Wildman–Crippen MR) is 93.6 cm³/mol. The second-order valence-corrected chi connectivity index (χ2v) is 7.66. The molecule has 4 heteroatoms. The molecular formula is C18H20BrNO2. The van der Waals surface area contributed by atoms with E-state index in [1.54, 1.807) is 0 Å². The molecule has 0 aromatic heterocycles. The standard InChI is InChI=1S/C18H20BrNO2/c1-13-11-15(20-17(21)18(2,3)19)9-10-16(13)22-12-14-7-5-4-6-8-14/h4-11H,12H2,1-3H3,(H,20,21). The van der Waals surface area contributed by atoms with E-state index in [4.69, 9.17) is 4.74 Å². The molecule has 116 valence electrons. The Labute approximate surface area is 139 Å². The van der Waals surface area contributed by atoms with Gasteiger partial charge in [-0.15, -0.1) is 0 Å². The van der Waals surface area contributed by atoms with Gasteiger partial charge in [-0.3, -0.25) is 4.79 Å². The average molecular weight is 362 g/mol. The number of carbonyl (C=O) groups is 1. The van der Waals surface area contributed by atoms with Crippen molar-refractivity contribution >= 4 is 27.5 Å². The highest BCUT2D eigenvalue weighted by atomic mass is 79.9. The van der Waals surface area contributed by atoms with Crippen LogP contribution >= 0.6 is 15.9 Å². The molecule has 0 fully saturated rings. The third kappa shape index (κ3) is 4.60. The zero-order valence-electron chi connectivity index (χ0n) is 13.0. The lowest BCUT2D eigenvalue weighted by atomic mass is 10.1. The van der Waals surface area contributed by atoms with Gasteiger partial charge in [0, 0.05) is 5.69 Å². The van der Waals surface area contributed by atoms with E-state index in [1.807, 2.05) is 69.3 Å². The summed E-state index contributed by atoms with van der Waals surface area (Å²) in [5, 5.41) is 2.88.